The Morgan fingerprint density at radius 1 is 1.30 bits per heavy atom. The van der Waals surface area contributed by atoms with Crippen LogP contribution in [-0.2, 0) is 37.3 Å². The normalized spacial score (nSPS) is 19.4. The molecule has 1 aliphatic carbocycles. The number of methoxy groups -OCH3 is 1. The van der Waals surface area contributed by atoms with Gasteiger partial charge in [0.25, 0.3) is 5.91 Å². The Bertz CT molecular complexity index is 1030. The van der Waals surface area contributed by atoms with Crippen LogP contribution in [0.4, 0.5) is 13.2 Å². The van der Waals surface area contributed by atoms with E-state index in [1.54, 1.807) is 0 Å². The lowest BCUT2D eigenvalue weighted by Gasteiger charge is -2.15. The van der Waals surface area contributed by atoms with E-state index < -0.39 is 17.6 Å². The molecule has 1 saturated heterocycles. The highest BCUT2D eigenvalue weighted by Gasteiger charge is 2.32. The SMILES string of the molecule is COc1ccc(C(F)(F)F)cc1C(=O)N=c1c2c(n(C)n1C[C@H]1CCCO1)CCC2. The zero-order valence-corrected chi connectivity index (χ0v) is 17.0. The molecule has 0 radical (unpaired) electrons. The van der Waals surface area contributed by atoms with Gasteiger partial charge in [0, 0.05) is 24.9 Å². The summed E-state index contributed by atoms with van der Waals surface area (Å²) in [4.78, 5) is 17.3. The number of hydrogen-bond acceptors (Lipinski definition) is 3. The Hall–Kier alpha value is -2.55. The first kappa shape index (κ1) is 20.7. The molecule has 2 heterocycles. The third-order valence-electron chi connectivity index (χ3n) is 5.82. The molecule has 0 saturated carbocycles. The molecule has 2 aromatic rings. The zero-order valence-electron chi connectivity index (χ0n) is 17.0. The molecular formula is C21H24F3N3O3. The molecule has 1 aliphatic heterocycles. The molecule has 30 heavy (non-hydrogen) atoms. The van der Waals surface area contributed by atoms with Crippen molar-refractivity contribution in [2.75, 3.05) is 13.7 Å². The molecule has 6 nitrogen and oxygen atoms in total. The Labute approximate surface area is 171 Å². The minimum atomic E-state index is -4.56. The van der Waals surface area contributed by atoms with Gasteiger partial charge in [0.05, 0.1) is 30.9 Å². The molecule has 9 heteroatoms. The summed E-state index contributed by atoms with van der Waals surface area (Å²) in [6.45, 7) is 1.26. The van der Waals surface area contributed by atoms with Crippen LogP contribution in [0, 0.1) is 0 Å². The van der Waals surface area contributed by atoms with Gasteiger partial charge in [-0.25, -0.2) is 0 Å². The summed E-state index contributed by atoms with van der Waals surface area (Å²) in [5.41, 5.74) is 1.48. The van der Waals surface area contributed by atoms with E-state index in [9.17, 15) is 18.0 Å². The number of ether oxygens (including phenoxy) is 2. The molecule has 0 bridgehead atoms. The van der Waals surface area contributed by atoms with Gasteiger partial charge in [-0.3, -0.25) is 14.2 Å². The minimum absolute atomic E-state index is 0.0378. The summed E-state index contributed by atoms with van der Waals surface area (Å²) in [5, 5.41) is 0. The van der Waals surface area contributed by atoms with E-state index in [2.05, 4.69) is 4.99 Å². The number of aromatic nitrogens is 2. The summed E-state index contributed by atoms with van der Waals surface area (Å²) in [5.74, 6) is -0.686. The predicted molar refractivity (Wildman–Crippen MR) is 102 cm³/mol. The molecular weight excluding hydrogens is 399 g/mol. The molecule has 2 aliphatic rings. The van der Waals surface area contributed by atoms with Gasteiger partial charge in [-0.2, -0.15) is 18.2 Å². The van der Waals surface area contributed by atoms with Gasteiger partial charge < -0.3 is 9.47 Å². The zero-order chi connectivity index (χ0) is 21.5. The van der Waals surface area contributed by atoms with E-state index in [4.69, 9.17) is 9.47 Å². The fraction of sp³-hybridized carbons (Fsp3) is 0.524. The third kappa shape index (κ3) is 3.78. The number of hydrogen-bond donors (Lipinski definition) is 0. The number of benzene rings is 1. The van der Waals surface area contributed by atoms with Crippen molar-refractivity contribution in [1.82, 2.24) is 9.36 Å². The first-order valence-corrected chi connectivity index (χ1v) is 10.0. The van der Waals surface area contributed by atoms with Crippen LogP contribution < -0.4 is 10.2 Å². The van der Waals surface area contributed by atoms with Gasteiger partial charge in [-0.1, -0.05) is 0 Å². The van der Waals surface area contributed by atoms with Crippen LogP contribution in [0.15, 0.2) is 23.2 Å². The summed E-state index contributed by atoms with van der Waals surface area (Å²) >= 11 is 0. The molecule has 1 aromatic carbocycles. The molecule has 4 rings (SSSR count). The van der Waals surface area contributed by atoms with Gasteiger partial charge in [0.2, 0.25) is 0 Å². The van der Waals surface area contributed by atoms with Crippen LogP contribution in [0.5, 0.6) is 5.75 Å². The second kappa shape index (κ2) is 7.94. The predicted octanol–water partition coefficient (Wildman–Crippen LogP) is 3.26. The molecule has 0 N–H and O–H groups in total. The quantitative estimate of drug-likeness (QED) is 0.759. The summed E-state index contributed by atoms with van der Waals surface area (Å²) < 4.78 is 54.3. The maximum absolute atomic E-state index is 13.2. The smallest absolute Gasteiger partial charge is 0.416 e. The molecule has 162 valence electrons. The van der Waals surface area contributed by atoms with E-state index in [0.717, 1.165) is 61.6 Å². The fourth-order valence-electron chi connectivity index (χ4n) is 4.29. The lowest BCUT2D eigenvalue weighted by molar-refractivity contribution is -0.137. The number of carbonyl (C=O) groups is 1. The van der Waals surface area contributed by atoms with Gasteiger partial charge in [0.15, 0.2) is 5.49 Å². The van der Waals surface area contributed by atoms with E-state index in [1.165, 1.54) is 7.11 Å². The highest BCUT2D eigenvalue weighted by atomic mass is 19.4. The monoisotopic (exact) mass is 423 g/mol. The maximum atomic E-state index is 13.2. The first-order valence-electron chi connectivity index (χ1n) is 10.0. The molecule has 0 unspecified atom stereocenters. The summed E-state index contributed by atoms with van der Waals surface area (Å²) in [6, 6.07) is 2.85. The highest BCUT2D eigenvalue weighted by molar-refractivity contribution is 5.97. The number of amides is 1. The van der Waals surface area contributed by atoms with E-state index in [1.807, 2.05) is 16.4 Å². The molecule has 0 spiro atoms. The van der Waals surface area contributed by atoms with Crippen LogP contribution in [0.25, 0.3) is 0 Å². The number of fused-ring (bicyclic) bond motifs is 1. The Balaban J connectivity index is 1.80. The van der Waals surface area contributed by atoms with Crippen molar-refractivity contribution >= 4 is 5.91 Å². The average Bonchev–Trinajstić information content (AvgIpc) is 3.44. The average molecular weight is 423 g/mol. The van der Waals surface area contributed by atoms with Crippen molar-refractivity contribution in [1.29, 1.82) is 0 Å². The Morgan fingerprint density at radius 2 is 2.10 bits per heavy atom. The van der Waals surface area contributed by atoms with Crippen LogP contribution >= 0.6 is 0 Å². The maximum Gasteiger partial charge on any atom is 0.416 e. The molecule has 1 fully saturated rings. The van der Waals surface area contributed by atoms with Crippen molar-refractivity contribution in [3.63, 3.8) is 0 Å². The summed E-state index contributed by atoms with van der Waals surface area (Å²) in [6.07, 6.45) is 0.0232. The van der Waals surface area contributed by atoms with Crippen molar-refractivity contribution in [3.05, 3.63) is 46.1 Å². The van der Waals surface area contributed by atoms with E-state index >= 15 is 0 Å². The number of halogens is 3. The minimum Gasteiger partial charge on any atom is -0.496 e. The largest absolute Gasteiger partial charge is 0.496 e. The first-order chi connectivity index (χ1) is 14.3. The van der Waals surface area contributed by atoms with Gasteiger partial charge in [-0.05, 0) is 50.3 Å². The molecule has 1 aromatic heterocycles. The van der Waals surface area contributed by atoms with Crippen molar-refractivity contribution < 1.29 is 27.4 Å². The summed E-state index contributed by atoms with van der Waals surface area (Å²) in [7, 11) is 3.24. The Kier molecular flexibility index (Phi) is 5.48. The second-order valence-electron chi connectivity index (χ2n) is 7.67. The van der Waals surface area contributed by atoms with Gasteiger partial charge in [-0.15, -0.1) is 0 Å². The van der Waals surface area contributed by atoms with Gasteiger partial charge >= 0.3 is 6.18 Å². The lowest BCUT2D eigenvalue weighted by Crippen LogP contribution is -2.31. The number of carbonyl (C=O) groups excluding carboxylic acids is 1. The van der Waals surface area contributed by atoms with Crippen LogP contribution in [-0.4, -0.2) is 35.1 Å². The van der Waals surface area contributed by atoms with Gasteiger partial charge in [0.1, 0.15) is 5.75 Å². The number of alkyl halides is 3. The third-order valence-corrected chi connectivity index (χ3v) is 5.82. The van der Waals surface area contributed by atoms with E-state index in [0.29, 0.717) is 18.6 Å². The topological polar surface area (TPSA) is 57.8 Å². The van der Waals surface area contributed by atoms with Crippen LogP contribution in [0.3, 0.4) is 0 Å². The Morgan fingerprint density at radius 3 is 2.77 bits per heavy atom. The fourth-order valence-corrected chi connectivity index (χ4v) is 4.29. The van der Waals surface area contributed by atoms with Crippen LogP contribution in [0.1, 0.15) is 46.4 Å². The van der Waals surface area contributed by atoms with Crippen molar-refractivity contribution in [3.8, 4) is 5.75 Å². The van der Waals surface area contributed by atoms with Crippen LogP contribution in [0.2, 0.25) is 0 Å². The second-order valence-corrected chi connectivity index (χ2v) is 7.67. The lowest BCUT2D eigenvalue weighted by atomic mass is 10.1. The highest BCUT2D eigenvalue weighted by Crippen LogP contribution is 2.33. The standard InChI is InChI=1S/C21H24F3N3O3/c1-26-17-7-3-6-15(17)19(27(26)12-14-5-4-10-30-14)25-20(28)16-11-13(21(22,23)24)8-9-18(16)29-2/h8-9,11,14H,3-7,10,12H2,1-2H3/t14-/m1/s1. The van der Waals surface area contributed by atoms with E-state index in [-0.39, 0.29) is 17.4 Å². The van der Waals surface area contributed by atoms with Crippen molar-refractivity contribution in [2.24, 2.45) is 12.0 Å². The van der Waals surface area contributed by atoms with Crippen molar-refractivity contribution in [2.45, 2.75) is 50.9 Å². The molecule has 1 atom stereocenters. The molecule has 1 amide bonds. The number of nitrogens with zero attached hydrogens (tertiary/aromatic N) is 3. The number of rotatable bonds is 4.